The first-order valence-electron chi connectivity index (χ1n) is 12.5. The van der Waals surface area contributed by atoms with Crippen LogP contribution in [0.5, 0.6) is 0 Å². The Bertz CT molecular complexity index is 767. The maximum absolute atomic E-state index is 12.5. The van der Waals surface area contributed by atoms with Gasteiger partial charge in [-0.25, -0.2) is 4.79 Å². The lowest BCUT2D eigenvalue weighted by Crippen LogP contribution is -2.36. The molecule has 5 heteroatoms. The van der Waals surface area contributed by atoms with Crippen LogP contribution in [0.1, 0.15) is 89.2 Å². The Hall–Kier alpha value is -2.01. The Labute approximate surface area is 196 Å². The molecule has 0 aliphatic carbocycles. The van der Waals surface area contributed by atoms with Crippen LogP contribution < -0.4 is 10.7 Å². The molecule has 1 N–H and O–H groups in total. The number of anilines is 1. The van der Waals surface area contributed by atoms with E-state index in [0.29, 0.717) is 0 Å². The molecule has 32 heavy (non-hydrogen) atoms. The van der Waals surface area contributed by atoms with Crippen LogP contribution in [-0.4, -0.2) is 14.2 Å². The molecule has 4 nitrogen and oxygen atoms in total. The molecule has 0 saturated heterocycles. The summed E-state index contributed by atoms with van der Waals surface area (Å²) in [5.74, 6) is 0. The van der Waals surface area contributed by atoms with E-state index in [2.05, 4.69) is 37.9 Å². The fourth-order valence-electron chi connectivity index (χ4n) is 3.82. The van der Waals surface area contributed by atoms with Crippen molar-refractivity contribution in [2.75, 3.05) is 5.32 Å². The van der Waals surface area contributed by atoms with E-state index in [4.69, 9.17) is 9.15 Å². The van der Waals surface area contributed by atoms with Crippen molar-refractivity contribution in [2.24, 2.45) is 0 Å². The van der Waals surface area contributed by atoms with E-state index in [0.717, 1.165) is 29.5 Å². The summed E-state index contributed by atoms with van der Waals surface area (Å²) in [4.78, 5) is 12.5. The minimum Gasteiger partial charge on any atom is -0.474 e. The average Bonchev–Trinajstić information content (AvgIpc) is 3.26. The molecule has 0 fully saturated rings. The summed E-state index contributed by atoms with van der Waals surface area (Å²) in [6, 6.07) is 11.5. The van der Waals surface area contributed by atoms with Gasteiger partial charge in [0.25, 0.3) is 0 Å². The zero-order chi connectivity index (χ0) is 23.2. The Kier molecular flexibility index (Phi) is 11.6. The molecule has 0 aliphatic rings. The number of hydrogen-bond acceptors (Lipinski definition) is 3. The van der Waals surface area contributed by atoms with Gasteiger partial charge < -0.3 is 9.15 Å². The van der Waals surface area contributed by atoms with Gasteiger partial charge in [-0.05, 0) is 31.0 Å². The minimum atomic E-state index is -1.55. The molecule has 0 spiro atoms. The number of nitrogens with one attached hydrogen (secondary N) is 1. The van der Waals surface area contributed by atoms with Gasteiger partial charge in [0.1, 0.15) is 14.2 Å². The van der Waals surface area contributed by atoms with Gasteiger partial charge in [0, 0.05) is 11.3 Å². The summed E-state index contributed by atoms with van der Waals surface area (Å²) in [6.45, 7) is 9.04. The van der Waals surface area contributed by atoms with Crippen molar-refractivity contribution in [1.82, 2.24) is 0 Å². The zero-order valence-corrected chi connectivity index (χ0v) is 21.6. The number of amides is 1. The summed E-state index contributed by atoms with van der Waals surface area (Å²) in [6.07, 6.45) is 14.8. The first-order chi connectivity index (χ1) is 15.4. The van der Waals surface area contributed by atoms with E-state index in [-0.39, 0.29) is 6.10 Å². The Morgan fingerprint density at radius 2 is 1.53 bits per heavy atom. The summed E-state index contributed by atoms with van der Waals surface area (Å²) >= 11 is 0. The smallest absolute Gasteiger partial charge is 0.412 e. The van der Waals surface area contributed by atoms with Crippen LogP contribution in [0.25, 0.3) is 0 Å². The number of para-hydroxylation sites is 1. The van der Waals surface area contributed by atoms with Gasteiger partial charge in [-0.1, -0.05) is 103 Å². The highest BCUT2D eigenvalue weighted by Gasteiger charge is 2.25. The molecule has 1 unspecified atom stereocenters. The Balaban J connectivity index is 1.83. The third-order valence-corrected chi connectivity index (χ3v) is 7.56. The van der Waals surface area contributed by atoms with Gasteiger partial charge in [0.05, 0.1) is 11.6 Å². The quantitative estimate of drug-likeness (QED) is 0.216. The SMILES string of the molecule is CCCCCCCCCCCCC(OC(=O)Nc1ccccc1)c1coc([Si](C)(C)C)c1. The molecule has 1 heterocycles. The predicted octanol–water partition coefficient (Wildman–Crippen LogP) is 8.43. The van der Waals surface area contributed by atoms with Gasteiger partial charge in [0.2, 0.25) is 0 Å². The van der Waals surface area contributed by atoms with Crippen molar-refractivity contribution in [3.8, 4) is 0 Å². The molecule has 1 atom stereocenters. The normalized spacial score (nSPS) is 12.5. The number of hydrogen-bond donors (Lipinski definition) is 1. The van der Waals surface area contributed by atoms with E-state index < -0.39 is 14.2 Å². The monoisotopic (exact) mass is 457 g/mol. The minimum absolute atomic E-state index is 0.276. The van der Waals surface area contributed by atoms with Crippen LogP contribution in [0.2, 0.25) is 19.6 Å². The summed E-state index contributed by atoms with van der Waals surface area (Å²) in [5, 5.41) is 3.88. The number of unbranched alkanes of at least 4 members (excludes halogenated alkanes) is 9. The Morgan fingerprint density at radius 1 is 0.938 bits per heavy atom. The highest BCUT2D eigenvalue weighted by molar-refractivity contribution is 6.87. The van der Waals surface area contributed by atoms with E-state index in [9.17, 15) is 4.79 Å². The van der Waals surface area contributed by atoms with Crippen LogP contribution in [-0.2, 0) is 4.74 Å². The number of ether oxygens (including phenoxy) is 1. The lowest BCUT2D eigenvalue weighted by molar-refractivity contribution is 0.103. The molecule has 0 saturated carbocycles. The van der Waals surface area contributed by atoms with E-state index in [1.165, 1.54) is 57.8 Å². The van der Waals surface area contributed by atoms with Crippen molar-refractivity contribution in [2.45, 2.75) is 103 Å². The Morgan fingerprint density at radius 3 is 2.09 bits per heavy atom. The van der Waals surface area contributed by atoms with Crippen LogP contribution in [0.3, 0.4) is 0 Å². The second-order valence-electron chi connectivity index (χ2n) is 9.85. The molecule has 0 aliphatic heterocycles. The van der Waals surface area contributed by atoms with E-state index in [1.54, 1.807) is 6.26 Å². The van der Waals surface area contributed by atoms with Crippen molar-refractivity contribution in [1.29, 1.82) is 0 Å². The van der Waals surface area contributed by atoms with Gasteiger partial charge in [-0.3, -0.25) is 5.32 Å². The molecule has 0 radical (unpaired) electrons. The van der Waals surface area contributed by atoms with Gasteiger partial charge in [0.15, 0.2) is 0 Å². The van der Waals surface area contributed by atoms with E-state index in [1.807, 2.05) is 30.3 Å². The van der Waals surface area contributed by atoms with Crippen molar-refractivity contribution >= 4 is 25.2 Å². The number of carbonyl (C=O) groups is 1. The molecule has 1 amide bonds. The number of carbonyl (C=O) groups excluding carboxylic acids is 1. The predicted molar refractivity (Wildman–Crippen MR) is 137 cm³/mol. The van der Waals surface area contributed by atoms with Crippen LogP contribution in [0.15, 0.2) is 47.1 Å². The third-order valence-electron chi connectivity index (χ3n) is 5.82. The molecule has 178 valence electrons. The second-order valence-corrected chi connectivity index (χ2v) is 14.8. The number of rotatable bonds is 15. The number of furan rings is 1. The zero-order valence-electron chi connectivity index (χ0n) is 20.6. The summed E-state index contributed by atoms with van der Waals surface area (Å²) in [5.41, 5.74) is 1.71. The van der Waals surface area contributed by atoms with Crippen LogP contribution in [0, 0.1) is 0 Å². The first-order valence-corrected chi connectivity index (χ1v) is 16.0. The summed E-state index contributed by atoms with van der Waals surface area (Å²) < 4.78 is 11.7. The third kappa shape index (κ3) is 10.1. The maximum Gasteiger partial charge on any atom is 0.412 e. The average molecular weight is 458 g/mol. The molecule has 0 bridgehead atoms. The van der Waals surface area contributed by atoms with Crippen LogP contribution >= 0.6 is 0 Å². The first kappa shape index (κ1) is 26.2. The molecule has 1 aromatic heterocycles. The molecule has 2 rings (SSSR count). The highest BCUT2D eigenvalue weighted by Crippen LogP contribution is 2.26. The lowest BCUT2D eigenvalue weighted by Gasteiger charge is -2.17. The van der Waals surface area contributed by atoms with Gasteiger partial charge in [-0.15, -0.1) is 0 Å². The maximum atomic E-state index is 12.5. The molecular formula is C27H43NO3Si. The molecule has 2 aromatic rings. The largest absolute Gasteiger partial charge is 0.474 e. The van der Waals surface area contributed by atoms with Gasteiger partial charge >= 0.3 is 6.09 Å². The fourth-order valence-corrected chi connectivity index (χ4v) is 4.83. The van der Waals surface area contributed by atoms with Gasteiger partial charge in [-0.2, -0.15) is 0 Å². The topological polar surface area (TPSA) is 51.5 Å². The fraction of sp³-hybridized carbons (Fsp3) is 0.593. The van der Waals surface area contributed by atoms with Crippen LogP contribution in [0.4, 0.5) is 10.5 Å². The lowest BCUT2D eigenvalue weighted by atomic mass is 10.0. The highest BCUT2D eigenvalue weighted by atomic mass is 28.3. The second kappa shape index (κ2) is 14.2. The summed E-state index contributed by atoms with van der Waals surface area (Å²) in [7, 11) is -1.55. The van der Waals surface area contributed by atoms with Crippen molar-refractivity contribution in [3.63, 3.8) is 0 Å². The van der Waals surface area contributed by atoms with Crippen molar-refractivity contribution < 1.29 is 13.9 Å². The standard InChI is InChI=1S/C27H43NO3Si/c1-5-6-7-8-9-10-11-12-13-17-20-25(23-21-26(30-22-23)32(2,3)4)31-27(29)28-24-18-15-14-16-19-24/h14-16,18-19,21-22,25H,5-13,17,20H2,1-4H3,(H,28,29). The molecule has 1 aromatic carbocycles. The van der Waals surface area contributed by atoms with Crippen molar-refractivity contribution in [3.05, 3.63) is 48.2 Å². The number of benzene rings is 1. The molecular weight excluding hydrogens is 414 g/mol. The van der Waals surface area contributed by atoms with E-state index >= 15 is 0 Å².